The first-order valence-electron chi connectivity index (χ1n) is 10.6. The Morgan fingerprint density at radius 1 is 1.03 bits per heavy atom. The van der Waals surface area contributed by atoms with E-state index in [1.165, 1.54) is 29.1 Å². The number of hydrogen-bond donors (Lipinski definition) is 2. The Bertz CT molecular complexity index is 785. The summed E-state index contributed by atoms with van der Waals surface area (Å²) in [6, 6.07) is 8.73. The Morgan fingerprint density at radius 3 is 2.33 bits per heavy atom. The standard InChI is InChI=1S/C22H34N6S.HI/c1-4-20-15-24-21(29-20)16-26-22(23-3)25-14-18-8-6-7-9-19(18)17-28-12-10-27(5-2)11-13-28;/h6-9,15H,4-5,10-14,16-17H2,1-3H3,(H2,23,25,26);1H. The number of piperazine rings is 1. The van der Waals surface area contributed by atoms with Crippen LogP contribution in [0.2, 0.25) is 0 Å². The monoisotopic (exact) mass is 542 g/mol. The Balaban J connectivity index is 0.00000320. The number of hydrogen-bond acceptors (Lipinski definition) is 5. The molecule has 0 aliphatic carbocycles. The number of nitrogens with one attached hydrogen (secondary N) is 2. The second-order valence-corrected chi connectivity index (χ2v) is 8.53. The number of guanidine groups is 1. The van der Waals surface area contributed by atoms with Gasteiger partial charge in [-0.1, -0.05) is 38.1 Å². The van der Waals surface area contributed by atoms with Crippen LogP contribution in [0.1, 0.15) is 34.9 Å². The predicted octanol–water partition coefficient (Wildman–Crippen LogP) is 3.33. The largest absolute Gasteiger partial charge is 0.352 e. The highest BCUT2D eigenvalue weighted by molar-refractivity contribution is 14.0. The van der Waals surface area contributed by atoms with Gasteiger partial charge >= 0.3 is 0 Å². The second kappa shape index (κ2) is 13.2. The minimum absolute atomic E-state index is 0. The van der Waals surface area contributed by atoms with Gasteiger partial charge in [0.05, 0.1) is 6.54 Å². The van der Waals surface area contributed by atoms with Gasteiger partial charge in [-0.15, -0.1) is 35.3 Å². The van der Waals surface area contributed by atoms with Gasteiger partial charge < -0.3 is 15.5 Å². The van der Waals surface area contributed by atoms with Gasteiger partial charge in [-0.05, 0) is 24.1 Å². The van der Waals surface area contributed by atoms with Crippen molar-refractivity contribution in [1.29, 1.82) is 0 Å². The van der Waals surface area contributed by atoms with E-state index < -0.39 is 0 Å². The summed E-state index contributed by atoms with van der Waals surface area (Å²) in [6.07, 6.45) is 3.00. The fraction of sp³-hybridized carbons (Fsp3) is 0.545. The zero-order chi connectivity index (χ0) is 20.5. The average Bonchev–Trinajstić information content (AvgIpc) is 3.23. The van der Waals surface area contributed by atoms with Crippen LogP contribution in [0.15, 0.2) is 35.5 Å². The van der Waals surface area contributed by atoms with Crippen molar-refractivity contribution in [3.8, 4) is 0 Å². The van der Waals surface area contributed by atoms with E-state index in [9.17, 15) is 0 Å². The van der Waals surface area contributed by atoms with Crippen LogP contribution in [-0.2, 0) is 26.1 Å². The minimum atomic E-state index is 0. The molecule has 1 aromatic carbocycles. The van der Waals surface area contributed by atoms with Gasteiger partial charge in [0.1, 0.15) is 5.01 Å². The van der Waals surface area contributed by atoms with E-state index in [0.717, 1.165) is 50.1 Å². The molecule has 1 aliphatic heterocycles. The van der Waals surface area contributed by atoms with Crippen molar-refractivity contribution >= 4 is 41.3 Å². The molecule has 1 saturated heterocycles. The zero-order valence-electron chi connectivity index (χ0n) is 18.4. The maximum atomic E-state index is 4.47. The summed E-state index contributed by atoms with van der Waals surface area (Å²) in [5, 5.41) is 7.93. The van der Waals surface area contributed by atoms with Crippen molar-refractivity contribution in [2.75, 3.05) is 39.8 Å². The van der Waals surface area contributed by atoms with E-state index in [0.29, 0.717) is 6.54 Å². The third kappa shape index (κ3) is 7.47. The SMILES string of the molecule is CCc1cnc(CNC(=NC)NCc2ccccc2CN2CCN(CC)CC2)s1.I. The maximum Gasteiger partial charge on any atom is 0.191 e. The van der Waals surface area contributed by atoms with Crippen LogP contribution in [0.4, 0.5) is 0 Å². The Hall–Kier alpha value is -1.23. The normalized spacial score (nSPS) is 15.6. The molecule has 8 heteroatoms. The van der Waals surface area contributed by atoms with Crippen molar-refractivity contribution in [2.24, 2.45) is 4.99 Å². The highest BCUT2D eigenvalue weighted by Crippen LogP contribution is 2.14. The van der Waals surface area contributed by atoms with Crippen LogP contribution in [0.25, 0.3) is 0 Å². The lowest BCUT2D eigenvalue weighted by molar-refractivity contribution is 0.131. The summed E-state index contributed by atoms with van der Waals surface area (Å²) in [6.45, 7) is 12.7. The van der Waals surface area contributed by atoms with Gasteiger partial charge in [-0.3, -0.25) is 9.89 Å². The highest BCUT2D eigenvalue weighted by Gasteiger charge is 2.16. The second-order valence-electron chi connectivity index (χ2n) is 7.33. The first-order valence-corrected chi connectivity index (χ1v) is 11.4. The first kappa shape index (κ1) is 25.0. The summed E-state index contributed by atoms with van der Waals surface area (Å²) in [5.74, 6) is 0.810. The van der Waals surface area contributed by atoms with E-state index in [2.05, 4.69) is 68.5 Å². The molecule has 2 heterocycles. The van der Waals surface area contributed by atoms with E-state index in [-0.39, 0.29) is 24.0 Å². The summed E-state index contributed by atoms with van der Waals surface area (Å²) in [4.78, 5) is 15.2. The van der Waals surface area contributed by atoms with Crippen LogP contribution >= 0.6 is 35.3 Å². The zero-order valence-corrected chi connectivity index (χ0v) is 21.5. The van der Waals surface area contributed by atoms with Crippen LogP contribution in [0.5, 0.6) is 0 Å². The minimum Gasteiger partial charge on any atom is -0.352 e. The molecule has 166 valence electrons. The van der Waals surface area contributed by atoms with Crippen LogP contribution in [-0.4, -0.2) is 60.5 Å². The number of thiazole rings is 1. The van der Waals surface area contributed by atoms with Gasteiger partial charge in [0.2, 0.25) is 0 Å². The van der Waals surface area contributed by atoms with Crippen LogP contribution in [0, 0.1) is 0 Å². The molecule has 0 spiro atoms. The third-order valence-corrected chi connectivity index (χ3v) is 6.59. The number of halogens is 1. The molecule has 0 amide bonds. The molecule has 2 N–H and O–H groups in total. The van der Waals surface area contributed by atoms with Crippen LogP contribution < -0.4 is 10.6 Å². The number of aromatic nitrogens is 1. The molecule has 3 rings (SSSR count). The first-order chi connectivity index (χ1) is 14.2. The summed E-state index contributed by atoms with van der Waals surface area (Å²) in [7, 11) is 1.81. The lowest BCUT2D eigenvalue weighted by atomic mass is 10.1. The number of rotatable bonds is 8. The van der Waals surface area contributed by atoms with Gasteiger partial charge in [-0.2, -0.15) is 0 Å². The molecule has 1 fully saturated rings. The van der Waals surface area contributed by atoms with Crippen molar-refractivity contribution in [1.82, 2.24) is 25.4 Å². The molecule has 6 nitrogen and oxygen atoms in total. The Labute approximate surface area is 202 Å². The van der Waals surface area contributed by atoms with Gasteiger partial charge in [0.15, 0.2) is 5.96 Å². The van der Waals surface area contributed by atoms with Crippen molar-refractivity contribution < 1.29 is 0 Å². The third-order valence-electron chi connectivity index (χ3n) is 5.45. The van der Waals surface area contributed by atoms with Gasteiger partial charge in [-0.25, -0.2) is 4.98 Å². The number of aryl methyl sites for hydroxylation is 1. The maximum absolute atomic E-state index is 4.47. The molecule has 0 saturated carbocycles. The molecular weight excluding hydrogens is 507 g/mol. The van der Waals surface area contributed by atoms with Crippen LogP contribution in [0.3, 0.4) is 0 Å². The van der Waals surface area contributed by atoms with Gasteiger partial charge in [0.25, 0.3) is 0 Å². The quantitative estimate of drug-likeness (QED) is 0.305. The number of likely N-dealkylation sites (N-methyl/N-ethyl adjacent to an activating group) is 1. The molecule has 1 aromatic heterocycles. The molecule has 2 aromatic rings. The summed E-state index contributed by atoms with van der Waals surface area (Å²) >= 11 is 1.76. The van der Waals surface area contributed by atoms with E-state index in [4.69, 9.17) is 0 Å². The average molecular weight is 543 g/mol. The molecule has 0 atom stereocenters. The fourth-order valence-corrected chi connectivity index (χ4v) is 4.34. The summed E-state index contributed by atoms with van der Waals surface area (Å²) in [5.41, 5.74) is 2.73. The fourth-order valence-electron chi connectivity index (χ4n) is 3.54. The van der Waals surface area contributed by atoms with E-state index >= 15 is 0 Å². The van der Waals surface area contributed by atoms with E-state index in [1.807, 2.05) is 13.2 Å². The Kier molecular flexibility index (Phi) is 11.0. The molecule has 0 bridgehead atoms. The lowest BCUT2D eigenvalue weighted by Gasteiger charge is -2.34. The number of nitrogens with zero attached hydrogens (tertiary/aromatic N) is 4. The Morgan fingerprint density at radius 2 is 1.70 bits per heavy atom. The smallest absolute Gasteiger partial charge is 0.191 e. The summed E-state index contributed by atoms with van der Waals surface area (Å²) < 4.78 is 0. The van der Waals surface area contributed by atoms with Gasteiger partial charge in [0, 0.05) is 57.4 Å². The van der Waals surface area contributed by atoms with E-state index in [1.54, 1.807) is 11.3 Å². The highest BCUT2D eigenvalue weighted by atomic mass is 127. The molecule has 0 unspecified atom stereocenters. The predicted molar refractivity (Wildman–Crippen MR) is 138 cm³/mol. The number of benzene rings is 1. The van der Waals surface area contributed by atoms with Crippen molar-refractivity contribution in [2.45, 2.75) is 39.9 Å². The topological polar surface area (TPSA) is 55.8 Å². The lowest BCUT2D eigenvalue weighted by Crippen LogP contribution is -2.45. The molecule has 1 aliphatic rings. The van der Waals surface area contributed by atoms with Crippen molar-refractivity contribution in [3.05, 3.63) is 51.5 Å². The molecule has 30 heavy (non-hydrogen) atoms. The number of aliphatic imine (C=N–C) groups is 1. The molecular formula is C22H35IN6S. The van der Waals surface area contributed by atoms with Crippen molar-refractivity contribution in [3.63, 3.8) is 0 Å². The molecule has 0 radical (unpaired) electrons.